The molecule has 27 heavy (non-hydrogen) atoms. The number of hydrogen-bond acceptors (Lipinski definition) is 6. The minimum Gasteiger partial charge on any atom is -0.511 e. The molecule has 0 unspecified atom stereocenters. The number of aliphatic hydroxyl groups is 1. The predicted octanol–water partition coefficient (Wildman–Crippen LogP) is 2.87. The number of halogens is 3. The van der Waals surface area contributed by atoms with E-state index in [-0.39, 0.29) is 54.2 Å². The number of ether oxygens (including phenoxy) is 2. The molecule has 0 saturated heterocycles. The molecule has 0 aliphatic heterocycles. The van der Waals surface area contributed by atoms with E-state index in [1.54, 1.807) is 0 Å². The Morgan fingerprint density at radius 2 is 1.96 bits per heavy atom. The van der Waals surface area contributed by atoms with Gasteiger partial charge >= 0.3 is 6.18 Å². The van der Waals surface area contributed by atoms with Crippen molar-refractivity contribution in [2.45, 2.75) is 25.6 Å². The van der Waals surface area contributed by atoms with Gasteiger partial charge in [0.1, 0.15) is 17.0 Å². The third-order valence-electron chi connectivity index (χ3n) is 4.80. The summed E-state index contributed by atoms with van der Waals surface area (Å²) in [4.78, 5) is 28.7. The molecule has 1 heterocycles. The summed E-state index contributed by atoms with van der Waals surface area (Å²) in [6, 6.07) is 1.65. The largest absolute Gasteiger partial charge is 0.511 e. The molecule has 0 radical (unpaired) electrons. The molecule has 3 aliphatic rings. The van der Waals surface area contributed by atoms with E-state index in [1.165, 1.54) is 7.11 Å². The van der Waals surface area contributed by atoms with Crippen LogP contribution in [0.3, 0.4) is 0 Å². The molecule has 4 rings (SSSR count). The highest BCUT2D eigenvalue weighted by molar-refractivity contribution is 6.28. The summed E-state index contributed by atoms with van der Waals surface area (Å²) in [6.07, 6.45) is -3.69. The summed E-state index contributed by atoms with van der Waals surface area (Å²) in [5.41, 5.74) is -1.93. The van der Waals surface area contributed by atoms with Crippen LogP contribution in [-0.2, 0) is 27.1 Å². The first-order chi connectivity index (χ1) is 12.7. The lowest BCUT2D eigenvalue weighted by Crippen LogP contribution is -2.41. The normalized spacial score (nSPS) is 22.0. The van der Waals surface area contributed by atoms with E-state index in [0.29, 0.717) is 18.9 Å². The molecule has 146 valence electrons. The van der Waals surface area contributed by atoms with Gasteiger partial charge in [-0.05, 0) is 25.0 Å². The second-order valence-corrected chi connectivity index (χ2v) is 6.55. The maximum Gasteiger partial charge on any atom is 0.433 e. The fourth-order valence-electron chi connectivity index (χ4n) is 3.24. The average Bonchev–Trinajstić information content (AvgIpc) is 2.56. The van der Waals surface area contributed by atoms with Gasteiger partial charge in [-0.15, -0.1) is 0 Å². The molecule has 1 N–H and O–H groups in total. The number of Topliss-reactive ketones (excluding diaryl/α,β-unsaturated/α-hetero) is 2. The van der Waals surface area contributed by atoms with Crippen molar-refractivity contribution in [2.24, 2.45) is 11.8 Å². The third-order valence-corrected chi connectivity index (χ3v) is 4.80. The number of alkyl halides is 3. The van der Waals surface area contributed by atoms with Crippen molar-refractivity contribution >= 4 is 11.6 Å². The molecule has 0 aromatic carbocycles. The fraction of sp³-hybridized carbons (Fsp3) is 0.500. The molecule has 1 saturated carbocycles. The van der Waals surface area contributed by atoms with Gasteiger partial charge in [-0.1, -0.05) is 0 Å². The summed E-state index contributed by atoms with van der Waals surface area (Å²) in [6.45, 7) is -0.0431. The van der Waals surface area contributed by atoms with E-state index in [4.69, 9.17) is 9.47 Å². The van der Waals surface area contributed by atoms with Gasteiger partial charge in [0.2, 0.25) is 5.78 Å². The van der Waals surface area contributed by atoms with Crippen LogP contribution < -0.4 is 0 Å². The standard InChI is InChI=1S/C18H18F3NO5/c1-26-4-5-27-8-12-11(2-3-13(22-12)18(19,20)21)17(25)14-15(23)9-6-10(7-9)16(14)24/h2-3,9-10,23H,4-8H2,1H3. The van der Waals surface area contributed by atoms with Crippen LogP contribution in [0.4, 0.5) is 13.2 Å². The van der Waals surface area contributed by atoms with Crippen molar-refractivity contribution in [1.29, 1.82) is 0 Å². The number of ketones is 2. The number of nitrogens with zero attached hydrogens (tertiary/aromatic N) is 1. The van der Waals surface area contributed by atoms with Gasteiger partial charge < -0.3 is 14.6 Å². The van der Waals surface area contributed by atoms with Crippen LogP contribution in [0.5, 0.6) is 0 Å². The average molecular weight is 385 g/mol. The Bertz CT molecular complexity index is 797. The number of fused-ring (bicyclic) bond motifs is 1. The number of methoxy groups -OCH3 is 1. The van der Waals surface area contributed by atoms with Crippen molar-refractivity contribution in [3.63, 3.8) is 0 Å². The second-order valence-electron chi connectivity index (χ2n) is 6.55. The summed E-state index contributed by atoms with van der Waals surface area (Å²) in [5, 5.41) is 10.2. The topological polar surface area (TPSA) is 85.7 Å². The van der Waals surface area contributed by atoms with Gasteiger partial charge in [-0.3, -0.25) is 9.59 Å². The number of hydrogen-bond donors (Lipinski definition) is 1. The number of rotatable bonds is 7. The zero-order valence-electron chi connectivity index (χ0n) is 14.5. The van der Waals surface area contributed by atoms with Crippen LogP contribution in [0, 0.1) is 11.8 Å². The number of carbonyl (C=O) groups is 2. The maximum atomic E-state index is 13.0. The highest BCUT2D eigenvalue weighted by Gasteiger charge is 2.47. The van der Waals surface area contributed by atoms with Gasteiger partial charge in [0.25, 0.3) is 0 Å². The predicted molar refractivity (Wildman–Crippen MR) is 86.0 cm³/mol. The van der Waals surface area contributed by atoms with Crippen LogP contribution in [-0.4, -0.2) is 42.0 Å². The van der Waals surface area contributed by atoms with Crippen molar-refractivity contribution in [3.8, 4) is 0 Å². The number of allylic oxidation sites excluding steroid dienone is 2. The van der Waals surface area contributed by atoms with Gasteiger partial charge in [-0.25, -0.2) is 4.98 Å². The number of aromatic nitrogens is 1. The van der Waals surface area contributed by atoms with Crippen LogP contribution in [0.15, 0.2) is 23.5 Å². The summed E-state index contributed by atoms with van der Waals surface area (Å²) < 4.78 is 48.9. The van der Waals surface area contributed by atoms with E-state index in [9.17, 15) is 27.9 Å². The molecule has 0 atom stereocenters. The molecule has 2 bridgehead atoms. The molecule has 1 aromatic rings. The van der Waals surface area contributed by atoms with Gasteiger partial charge in [0.15, 0.2) is 5.78 Å². The summed E-state index contributed by atoms with van der Waals surface area (Å²) in [5.74, 6) is -2.12. The molecule has 0 amide bonds. The quantitative estimate of drug-likeness (QED) is 0.441. The van der Waals surface area contributed by atoms with Crippen LogP contribution in [0.25, 0.3) is 0 Å². The second kappa shape index (κ2) is 7.40. The summed E-state index contributed by atoms with van der Waals surface area (Å²) in [7, 11) is 1.44. The van der Waals surface area contributed by atoms with Crippen LogP contribution in [0.1, 0.15) is 34.6 Å². The smallest absolute Gasteiger partial charge is 0.433 e. The Morgan fingerprint density at radius 3 is 2.56 bits per heavy atom. The molecule has 9 heteroatoms. The molecule has 6 nitrogen and oxygen atoms in total. The maximum absolute atomic E-state index is 13.0. The number of pyridine rings is 1. The lowest BCUT2D eigenvalue weighted by molar-refractivity contribution is -0.141. The van der Waals surface area contributed by atoms with E-state index >= 15 is 0 Å². The van der Waals surface area contributed by atoms with Crippen LogP contribution >= 0.6 is 0 Å². The molecular weight excluding hydrogens is 367 g/mol. The minimum atomic E-state index is -4.69. The van der Waals surface area contributed by atoms with Gasteiger partial charge in [-0.2, -0.15) is 13.2 Å². The Labute approximate surface area is 153 Å². The lowest BCUT2D eigenvalue weighted by atomic mass is 9.64. The van der Waals surface area contributed by atoms with Crippen LogP contribution in [0.2, 0.25) is 0 Å². The van der Waals surface area contributed by atoms with Crippen molar-refractivity contribution < 1.29 is 37.3 Å². The lowest BCUT2D eigenvalue weighted by Gasteiger charge is -2.39. The van der Waals surface area contributed by atoms with Crippen molar-refractivity contribution in [1.82, 2.24) is 4.98 Å². The van der Waals surface area contributed by atoms with Gasteiger partial charge in [0.05, 0.1) is 25.5 Å². The minimum absolute atomic E-state index is 0.0963. The molecule has 0 spiro atoms. The third kappa shape index (κ3) is 3.74. The first-order valence-electron chi connectivity index (χ1n) is 8.39. The molecule has 1 fully saturated rings. The van der Waals surface area contributed by atoms with E-state index in [1.807, 2.05) is 0 Å². The Balaban J connectivity index is 1.94. The summed E-state index contributed by atoms with van der Waals surface area (Å²) >= 11 is 0. The Kier molecular flexibility index (Phi) is 5.34. The van der Waals surface area contributed by atoms with Gasteiger partial charge in [0, 0.05) is 24.5 Å². The molecule has 1 aromatic heterocycles. The highest BCUT2D eigenvalue weighted by atomic mass is 19.4. The first-order valence-corrected chi connectivity index (χ1v) is 8.39. The molecular formula is C18H18F3NO5. The molecule has 3 aliphatic carbocycles. The van der Waals surface area contributed by atoms with Crippen molar-refractivity contribution in [3.05, 3.63) is 40.4 Å². The Hall–Kier alpha value is -2.26. The van der Waals surface area contributed by atoms with E-state index < -0.39 is 23.4 Å². The van der Waals surface area contributed by atoms with Crippen molar-refractivity contribution in [2.75, 3.05) is 20.3 Å². The highest BCUT2D eigenvalue weighted by Crippen LogP contribution is 2.46. The number of carbonyl (C=O) groups excluding carboxylic acids is 2. The Morgan fingerprint density at radius 1 is 1.26 bits per heavy atom. The van der Waals surface area contributed by atoms with E-state index in [0.717, 1.165) is 6.07 Å². The van der Waals surface area contributed by atoms with E-state index in [2.05, 4.69) is 4.98 Å². The number of aliphatic hydroxyl groups excluding tert-OH is 1. The monoisotopic (exact) mass is 385 g/mol. The zero-order valence-corrected chi connectivity index (χ0v) is 14.5. The SMILES string of the molecule is COCCOCc1nc(C(F)(F)F)ccc1C(=O)C1=C(O)C2CC(C2)C1=O. The first kappa shape index (κ1) is 19.5. The zero-order chi connectivity index (χ0) is 19.8. The fourth-order valence-corrected chi connectivity index (χ4v) is 3.24.